The van der Waals surface area contributed by atoms with Crippen molar-refractivity contribution in [3.05, 3.63) is 63.1 Å². The Kier molecular flexibility index (Phi) is 13.8. The van der Waals surface area contributed by atoms with Crippen molar-refractivity contribution in [2.24, 2.45) is 0 Å². The van der Waals surface area contributed by atoms with Crippen LogP contribution in [0.25, 0.3) is 0 Å². The van der Waals surface area contributed by atoms with Gasteiger partial charge in [-0.25, -0.2) is 9.59 Å². The van der Waals surface area contributed by atoms with Crippen molar-refractivity contribution >= 4 is 54.5 Å². The van der Waals surface area contributed by atoms with E-state index in [9.17, 15) is 35.9 Å². The molecule has 0 saturated carbocycles. The van der Waals surface area contributed by atoms with Crippen LogP contribution in [0.1, 0.15) is 122 Å². The number of hydrogen-bond donors (Lipinski definition) is 0. The predicted octanol–water partition coefficient (Wildman–Crippen LogP) is 9.52. The number of ether oxygens (including phenoxy) is 2. The molecule has 0 spiro atoms. The lowest BCUT2D eigenvalue weighted by molar-refractivity contribution is -0.138. The molecule has 3 saturated heterocycles. The lowest BCUT2D eigenvalue weighted by Crippen LogP contribution is -2.41. The van der Waals surface area contributed by atoms with Gasteiger partial charge in [-0.2, -0.15) is 26.3 Å². The van der Waals surface area contributed by atoms with E-state index in [2.05, 4.69) is 25.4 Å². The van der Waals surface area contributed by atoms with Gasteiger partial charge in [0.2, 0.25) is 0 Å². The minimum absolute atomic E-state index is 0. The average Bonchev–Trinajstić information content (AvgIpc) is 3.52. The zero-order valence-corrected chi connectivity index (χ0v) is 35.5. The molecule has 2 aromatic rings. The fourth-order valence-corrected chi connectivity index (χ4v) is 5.61. The summed E-state index contributed by atoms with van der Waals surface area (Å²) < 4.78 is 121. The molecule has 2 aromatic carbocycles. The Bertz CT molecular complexity index is 1710. The molecule has 0 atom stereocenters. The minimum Gasteiger partial charge on any atom is -0.465 e. The van der Waals surface area contributed by atoms with E-state index in [1.54, 1.807) is 27.7 Å². The molecule has 0 aromatic heterocycles. The number of carbonyl (C=O) groups is 2. The Morgan fingerprint density at radius 3 is 1.18 bits per heavy atom. The average molecular weight is 877 g/mol. The van der Waals surface area contributed by atoms with Crippen molar-refractivity contribution in [3.63, 3.8) is 0 Å². The van der Waals surface area contributed by atoms with E-state index in [0.29, 0.717) is 0 Å². The van der Waals surface area contributed by atoms with Gasteiger partial charge in [0.15, 0.2) is 0 Å². The summed E-state index contributed by atoms with van der Waals surface area (Å²) in [7, 11) is 0.176. The second-order valence-corrected chi connectivity index (χ2v) is 17.2. The summed E-state index contributed by atoms with van der Waals surface area (Å²) in [4.78, 5) is 22.6. The first-order valence-corrected chi connectivity index (χ1v) is 18.2. The van der Waals surface area contributed by atoms with Gasteiger partial charge in [-0.3, -0.25) is 0 Å². The van der Waals surface area contributed by atoms with Gasteiger partial charge in [-0.1, -0.05) is 22.0 Å². The van der Waals surface area contributed by atoms with Crippen LogP contribution in [0.15, 0.2) is 40.9 Å². The van der Waals surface area contributed by atoms with E-state index in [1.807, 2.05) is 55.4 Å². The number of hydrogen-bond acceptors (Lipinski definition) is 10. The van der Waals surface area contributed by atoms with Gasteiger partial charge >= 0.3 is 45.4 Å². The van der Waals surface area contributed by atoms with Crippen LogP contribution < -0.4 is 5.46 Å². The molecule has 320 valence electrons. The van der Waals surface area contributed by atoms with E-state index >= 15 is 0 Å². The molecule has 56 heavy (non-hydrogen) atoms. The number of methoxy groups -OCH3 is 2. The maximum absolute atomic E-state index is 13.2. The first-order valence-electron chi connectivity index (χ1n) is 17.4. The molecular weight excluding hydrogens is 819 g/mol. The number of carbonyl (C=O) groups excluding carboxylic acids is 2. The minimum atomic E-state index is -4.69. The molecule has 0 amide bonds. The number of benzene rings is 2. The van der Waals surface area contributed by atoms with Crippen molar-refractivity contribution in [3.8, 4) is 0 Å². The fraction of sp³-hybridized carbons (Fsp3) is 0.611. The lowest BCUT2D eigenvalue weighted by Gasteiger charge is -2.32. The molecular formula is C36H58B3BrF6O10. The third kappa shape index (κ3) is 10.3. The van der Waals surface area contributed by atoms with Gasteiger partial charge in [-0.15, -0.1) is 0 Å². The van der Waals surface area contributed by atoms with Gasteiger partial charge < -0.3 is 37.4 Å². The third-order valence-corrected chi connectivity index (χ3v) is 11.2. The molecule has 5 rings (SSSR count). The predicted molar refractivity (Wildman–Crippen MR) is 212 cm³/mol. The molecule has 0 N–H and O–H groups in total. The van der Waals surface area contributed by atoms with Crippen molar-refractivity contribution < 1.29 is 80.5 Å². The molecule has 3 fully saturated rings. The van der Waals surface area contributed by atoms with E-state index in [0.717, 1.165) is 38.5 Å². The quantitative estimate of drug-likeness (QED) is 0.168. The molecule has 0 radical (unpaired) electrons. The second-order valence-electron chi connectivity index (χ2n) is 16.3. The van der Waals surface area contributed by atoms with E-state index < -0.39 is 78.9 Å². The van der Waals surface area contributed by atoms with Gasteiger partial charge in [0.05, 0.1) is 70.1 Å². The maximum atomic E-state index is 13.2. The topological polar surface area (TPSA) is 108 Å². The van der Waals surface area contributed by atoms with Gasteiger partial charge in [0.1, 0.15) is 0 Å². The molecule has 0 bridgehead atoms. The van der Waals surface area contributed by atoms with Crippen LogP contribution in [0.4, 0.5) is 26.3 Å². The normalized spacial score (nSPS) is 21.4. The molecule has 3 aliphatic rings. The standard InChI is InChI=1S/C15H18BF3O4.C12H24B2O4.C9H6BrF3O2.5H2/c1-13(2)14(3,4)23-16(22-13)9-6-7-10(12(20)21-5)11(8-9)15(17,18)19;1-9(2)10(3,4)16-13(15-9)14-17-11(5,6)12(7,8)18-14;1-15-8(14)6-3-2-5(10)4-7(6)9(11,12)13;;;;;/h6-8H,1-5H3;1-8H3;2-4H,1H3;5*1H. The zero-order chi connectivity index (χ0) is 43.3. The van der Waals surface area contributed by atoms with E-state index in [1.165, 1.54) is 12.1 Å². The molecule has 0 unspecified atom stereocenters. The van der Waals surface area contributed by atoms with Crippen LogP contribution in [-0.2, 0) is 49.8 Å². The van der Waals surface area contributed by atoms with Crippen molar-refractivity contribution in [1.82, 2.24) is 0 Å². The highest BCUT2D eigenvalue weighted by Crippen LogP contribution is 2.43. The van der Waals surface area contributed by atoms with E-state index in [-0.39, 0.29) is 39.5 Å². The first-order chi connectivity index (χ1) is 25.1. The number of alkyl halides is 6. The van der Waals surface area contributed by atoms with Crippen LogP contribution in [0.3, 0.4) is 0 Å². The summed E-state index contributed by atoms with van der Waals surface area (Å²) in [6.07, 6.45) is -9.27. The Labute approximate surface area is 340 Å². The summed E-state index contributed by atoms with van der Waals surface area (Å²) in [5, 5.41) is 0. The monoisotopic (exact) mass is 876 g/mol. The van der Waals surface area contributed by atoms with Gasteiger partial charge in [0.25, 0.3) is 0 Å². The number of rotatable bonds is 4. The molecule has 3 aliphatic heterocycles. The van der Waals surface area contributed by atoms with Crippen LogP contribution in [0.2, 0.25) is 0 Å². The fourth-order valence-electron chi connectivity index (χ4n) is 5.25. The van der Waals surface area contributed by atoms with Crippen LogP contribution >= 0.6 is 15.9 Å². The summed E-state index contributed by atoms with van der Waals surface area (Å²) >= 11 is 2.91. The Morgan fingerprint density at radius 1 is 0.554 bits per heavy atom. The molecule has 0 aliphatic carbocycles. The number of esters is 2. The molecule has 20 heteroatoms. The van der Waals surface area contributed by atoms with Crippen molar-refractivity contribution in [1.29, 1.82) is 0 Å². The molecule has 3 heterocycles. The van der Waals surface area contributed by atoms with Gasteiger partial charge in [0, 0.05) is 11.6 Å². The summed E-state index contributed by atoms with van der Waals surface area (Å²) in [5.41, 5.74) is -5.70. The molecule has 10 nitrogen and oxygen atoms in total. The Hall–Kier alpha value is -2.61. The van der Waals surface area contributed by atoms with E-state index in [4.69, 9.17) is 27.9 Å². The Balaban J connectivity index is -0.000000812. The summed E-state index contributed by atoms with van der Waals surface area (Å²) in [5.74, 6) is -2.05. The highest BCUT2D eigenvalue weighted by molar-refractivity contribution is 9.10. The van der Waals surface area contributed by atoms with Crippen molar-refractivity contribution in [2.75, 3.05) is 14.2 Å². The third-order valence-electron chi connectivity index (χ3n) is 10.7. The SMILES string of the molecule is CC1(C)OB(B2OC(C)(C)C(C)(C)O2)OC1(C)C.COC(=O)c1ccc(B2OC(C)(C)C(C)(C)O2)cc1C(F)(F)F.COC(=O)c1ccc(Br)cc1C(F)(F)F.[HH].[HH].[HH].[HH].[HH]. The summed E-state index contributed by atoms with van der Waals surface area (Å²) in [6.45, 7) is 23.4. The number of halogens is 7. The zero-order valence-electron chi connectivity index (χ0n) is 33.9. The summed E-state index contributed by atoms with van der Waals surface area (Å²) in [6, 6.07) is 6.58. The maximum Gasteiger partial charge on any atom is 0.494 e. The van der Waals surface area contributed by atoms with Crippen LogP contribution in [-0.4, -0.2) is 80.9 Å². The van der Waals surface area contributed by atoms with Crippen LogP contribution in [0, 0.1) is 0 Å². The second kappa shape index (κ2) is 16.2. The largest absolute Gasteiger partial charge is 0.494 e. The first kappa shape index (κ1) is 47.8. The highest BCUT2D eigenvalue weighted by atomic mass is 79.9. The van der Waals surface area contributed by atoms with Gasteiger partial charge in [-0.05, 0) is 119 Å². The van der Waals surface area contributed by atoms with Crippen molar-refractivity contribution in [2.45, 2.75) is 129 Å². The highest BCUT2D eigenvalue weighted by Gasteiger charge is 2.63. The lowest BCUT2D eigenvalue weighted by atomic mass is 9.49. The van der Waals surface area contributed by atoms with Crippen LogP contribution in [0.5, 0.6) is 0 Å². The smallest absolute Gasteiger partial charge is 0.465 e. The Morgan fingerprint density at radius 2 is 0.857 bits per heavy atom.